The minimum atomic E-state index is -0.482. The molecule has 128 valence electrons. The van der Waals surface area contributed by atoms with Crippen LogP contribution >= 0.6 is 12.4 Å². The van der Waals surface area contributed by atoms with Crippen molar-refractivity contribution in [1.29, 1.82) is 0 Å². The summed E-state index contributed by atoms with van der Waals surface area (Å²) in [4.78, 5) is 24.4. The fourth-order valence-electron chi connectivity index (χ4n) is 2.39. The smallest absolute Gasteiger partial charge is 0.242 e. The quantitative estimate of drug-likeness (QED) is 0.697. The van der Waals surface area contributed by atoms with Crippen molar-refractivity contribution in [2.24, 2.45) is 11.8 Å². The van der Waals surface area contributed by atoms with Crippen molar-refractivity contribution in [1.82, 2.24) is 16.0 Å². The molecule has 1 aromatic rings. The molecule has 1 atom stereocenters. The molecule has 0 bridgehead atoms. The molecule has 0 spiro atoms. The minimum Gasteiger partial charge on any atom is -0.354 e. The van der Waals surface area contributed by atoms with Crippen LogP contribution in [0.3, 0.4) is 0 Å². The number of carbonyl (C=O) groups excluding carboxylic acids is 2. The van der Waals surface area contributed by atoms with Gasteiger partial charge in [-0.15, -0.1) is 12.4 Å². The lowest BCUT2D eigenvalue weighted by atomic mass is 10.0. The zero-order valence-electron chi connectivity index (χ0n) is 13.7. The third kappa shape index (κ3) is 6.20. The number of nitrogens with one attached hydrogen (secondary N) is 3. The zero-order chi connectivity index (χ0) is 15.9. The summed E-state index contributed by atoms with van der Waals surface area (Å²) in [5.74, 6) is 0.352. The lowest BCUT2D eigenvalue weighted by Crippen LogP contribution is -2.54. The fraction of sp³-hybridized carbons (Fsp3) is 0.529. The standard InChI is InChI=1S/C17H25N3O2.ClH/c1-12(2)16(17(22)19-11-14-9-18-10-14)20-15(21)8-13-6-4-3-5-7-13;/h3-7,12,14,16,18H,8-11H2,1-2H3,(H,19,22)(H,20,21);1H. The Kier molecular flexibility index (Phi) is 8.06. The van der Waals surface area contributed by atoms with Crippen LogP contribution in [0.2, 0.25) is 0 Å². The number of halogens is 1. The summed E-state index contributed by atoms with van der Waals surface area (Å²) in [5.41, 5.74) is 0.948. The monoisotopic (exact) mass is 339 g/mol. The van der Waals surface area contributed by atoms with Gasteiger partial charge in [0.15, 0.2) is 0 Å². The number of hydrogen-bond donors (Lipinski definition) is 3. The van der Waals surface area contributed by atoms with Crippen molar-refractivity contribution in [3.05, 3.63) is 35.9 Å². The third-order valence-electron chi connectivity index (χ3n) is 3.90. The summed E-state index contributed by atoms with van der Waals surface area (Å²) in [7, 11) is 0. The van der Waals surface area contributed by atoms with Crippen molar-refractivity contribution in [2.75, 3.05) is 19.6 Å². The third-order valence-corrected chi connectivity index (χ3v) is 3.90. The van der Waals surface area contributed by atoms with Gasteiger partial charge in [-0.05, 0) is 11.5 Å². The van der Waals surface area contributed by atoms with E-state index in [0.29, 0.717) is 18.9 Å². The van der Waals surface area contributed by atoms with E-state index >= 15 is 0 Å². The maximum atomic E-state index is 12.3. The van der Waals surface area contributed by atoms with E-state index in [1.807, 2.05) is 44.2 Å². The van der Waals surface area contributed by atoms with Gasteiger partial charge in [-0.2, -0.15) is 0 Å². The minimum absolute atomic E-state index is 0. The van der Waals surface area contributed by atoms with Gasteiger partial charge in [0, 0.05) is 25.6 Å². The molecule has 0 radical (unpaired) electrons. The molecule has 0 aliphatic carbocycles. The van der Waals surface area contributed by atoms with Gasteiger partial charge in [-0.1, -0.05) is 44.2 Å². The van der Waals surface area contributed by atoms with Crippen molar-refractivity contribution in [3.8, 4) is 0 Å². The molecule has 2 rings (SSSR count). The Hall–Kier alpha value is -1.59. The Morgan fingerprint density at radius 3 is 2.39 bits per heavy atom. The van der Waals surface area contributed by atoms with E-state index in [1.54, 1.807) is 0 Å². The van der Waals surface area contributed by atoms with Crippen LogP contribution in [-0.2, 0) is 16.0 Å². The van der Waals surface area contributed by atoms with Crippen molar-refractivity contribution in [3.63, 3.8) is 0 Å². The summed E-state index contributed by atoms with van der Waals surface area (Å²) < 4.78 is 0. The van der Waals surface area contributed by atoms with Gasteiger partial charge in [-0.3, -0.25) is 9.59 Å². The molecular weight excluding hydrogens is 314 g/mol. The molecular formula is C17H26ClN3O2. The van der Waals surface area contributed by atoms with E-state index in [9.17, 15) is 9.59 Å². The fourth-order valence-corrected chi connectivity index (χ4v) is 2.39. The second-order valence-corrected chi connectivity index (χ2v) is 6.22. The van der Waals surface area contributed by atoms with Crippen LogP contribution in [0.25, 0.3) is 0 Å². The van der Waals surface area contributed by atoms with Crippen LogP contribution in [-0.4, -0.2) is 37.5 Å². The van der Waals surface area contributed by atoms with Gasteiger partial charge < -0.3 is 16.0 Å². The van der Waals surface area contributed by atoms with E-state index in [0.717, 1.165) is 18.7 Å². The molecule has 1 aliphatic rings. The molecule has 0 saturated carbocycles. The maximum Gasteiger partial charge on any atom is 0.242 e. The molecule has 6 heteroatoms. The van der Waals surface area contributed by atoms with Gasteiger partial charge in [0.05, 0.1) is 6.42 Å². The molecule has 2 amide bonds. The topological polar surface area (TPSA) is 70.2 Å². The lowest BCUT2D eigenvalue weighted by molar-refractivity contribution is -0.129. The SMILES string of the molecule is CC(C)C(NC(=O)Cc1ccccc1)C(=O)NCC1CNC1.Cl. The molecule has 1 aliphatic heterocycles. The van der Waals surface area contributed by atoms with Gasteiger partial charge in [-0.25, -0.2) is 0 Å². The van der Waals surface area contributed by atoms with E-state index in [-0.39, 0.29) is 30.1 Å². The second kappa shape index (κ2) is 9.53. The Labute approximate surface area is 144 Å². The molecule has 3 N–H and O–H groups in total. The zero-order valence-corrected chi connectivity index (χ0v) is 14.5. The first-order valence-electron chi connectivity index (χ1n) is 7.88. The van der Waals surface area contributed by atoms with E-state index in [1.165, 1.54) is 0 Å². The highest BCUT2D eigenvalue weighted by atomic mass is 35.5. The molecule has 23 heavy (non-hydrogen) atoms. The van der Waals surface area contributed by atoms with Gasteiger partial charge in [0.1, 0.15) is 6.04 Å². The highest BCUT2D eigenvalue weighted by molar-refractivity contribution is 5.88. The average Bonchev–Trinajstić information content (AvgIpc) is 2.43. The van der Waals surface area contributed by atoms with Crippen LogP contribution in [0.4, 0.5) is 0 Å². The number of benzene rings is 1. The molecule has 1 unspecified atom stereocenters. The average molecular weight is 340 g/mol. The molecule has 1 heterocycles. The Balaban J connectivity index is 0.00000264. The summed E-state index contributed by atoms with van der Waals surface area (Å²) >= 11 is 0. The molecule has 1 saturated heterocycles. The normalized spacial score (nSPS) is 15.3. The van der Waals surface area contributed by atoms with Gasteiger partial charge in [0.25, 0.3) is 0 Å². The maximum absolute atomic E-state index is 12.3. The highest BCUT2D eigenvalue weighted by Gasteiger charge is 2.25. The number of hydrogen-bond acceptors (Lipinski definition) is 3. The summed E-state index contributed by atoms with van der Waals surface area (Å²) in [6, 6.07) is 9.07. The first-order chi connectivity index (χ1) is 10.6. The molecule has 1 fully saturated rings. The Bertz CT molecular complexity index is 504. The van der Waals surface area contributed by atoms with Gasteiger partial charge in [0.2, 0.25) is 11.8 Å². The molecule has 0 aromatic heterocycles. The highest BCUT2D eigenvalue weighted by Crippen LogP contribution is 2.06. The largest absolute Gasteiger partial charge is 0.354 e. The van der Waals surface area contributed by atoms with Crippen LogP contribution in [0.1, 0.15) is 19.4 Å². The van der Waals surface area contributed by atoms with Crippen molar-refractivity contribution in [2.45, 2.75) is 26.3 Å². The van der Waals surface area contributed by atoms with Crippen LogP contribution < -0.4 is 16.0 Å². The van der Waals surface area contributed by atoms with Gasteiger partial charge >= 0.3 is 0 Å². The van der Waals surface area contributed by atoms with Crippen molar-refractivity contribution < 1.29 is 9.59 Å². The van der Waals surface area contributed by atoms with Crippen LogP contribution in [0.15, 0.2) is 30.3 Å². The predicted molar refractivity (Wildman–Crippen MR) is 93.5 cm³/mol. The summed E-state index contributed by atoms with van der Waals surface area (Å²) in [6.45, 7) is 6.46. The Morgan fingerprint density at radius 2 is 1.87 bits per heavy atom. The number of rotatable bonds is 7. The van der Waals surface area contributed by atoms with E-state index in [4.69, 9.17) is 0 Å². The van der Waals surface area contributed by atoms with Crippen LogP contribution in [0.5, 0.6) is 0 Å². The first-order valence-corrected chi connectivity index (χ1v) is 7.88. The molecule has 5 nitrogen and oxygen atoms in total. The lowest BCUT2D eigenvalue weighted by Gasteiger charge is -2.29. The van der Waals surface area contributed by atoms with Crippen molar-refractivity contribution >= 4 is 24.2 Å². The Morgan fingerprint density at radius 1 is 1.22 bits per heavy atom. The number of amides is 2. The summed E-state index contributed by atoms with van der Waals surface area (Å²) in [6.07, 6.45) is 0.296. The summed E-state index contributed by atoms with van der Waals surface area (Å²) in [5, 5.41) is 8.97. The predicted octanol–water partition coefficient (Wildman–Crippen LogP) is 1.13. The van der Waals surface area contributed by atoms with E-state index < -0.39 is 6.04 Å². The number of carbonyl (C=O) groups is 2. The first kappa shape index (κ1) is 19.5. The van der Waals surface area contributed by atoms with Crippen LogP contribution in [0, 0.1) is 11.8 Å². The molecule has 1 aromatic carbocycles. The second-order valence-electron chi connectivity index (χ2n) is 6.22. The van der Waals surface area contributed by atoms with E-state index in [2.05, 4.69) is 16.0 Å².